The lowest BCUT2D eigenvalue weighted by molar-refractivity contribution is -0.120. The Morgan fingerprint density at radius 1 is 1.30 bits per heavy atom. The van der Waals surface area contributed by atoms with Crippen LogP contribution in [-0.4, -0.2) is 24.7 Å². The number of carbonyl (C=O) groups excluding carboxylic acids is 1. The molecule has 2 rings (SSSR count). The molecule has 0 spiro atoms. The molecule has 0 aromatic heterocycles. The van der Waals surface area contributed by atoms with Gasteiger partial charge in [0.2, 0.25) is 5.91 Å². The standard InChI is InChI=1S/C18H20ClNO3/c1-12-6-7-13(8-17(12)23-2)9-18(22)20-11-16(21)14-4-3-5-15(19)10-14/h3-8,10,16,21H,9,11H2,1-2H3,(H,20,22)/t16-/m1/s1. The van der Waals surface area contributed by atoms with Crippen LogP contribution in [0, 0.1) is 6.92 Å². The largest absolute Gasteiger partial charge is 0.496 e. The normalized spacial score (nSPS) is 11.8. The molecule has 2 aromatic carbocycles. The highest BCUT2D eigenvalue weighted by Crippen LogP contribution is 2.19. The van der Waals surface area contributed by atoms with Crippen molar-refractivity contribution in [3.8, 4) is 5.75 Å². The SMILES string of the molecule is COc1cc(CC(=O)NC[C@@H](O)c2cccc(Cl)c2)ccc1C. The fourth-order valence-corrected chi connectivity index (χ4v) is 2.46. The monoisotopic (exact) mass is 333 g/mol. The minimum absolute atomic E-state index is 0.141. The van der Waals surface area contributed by atoms with Crippen molar-refractivity contribution in [3.05, 3.63) is 64.2 Å². The van der Waals surface area contributed by atoms with Crippen LogP contribution in [0.2, 0.25) is 5.02 Å². The van der Waals surface area contributed by atoms with Gasteiger partial charge in [0, 0.05) is 11.6 Å². The molecular weight excluding hydrogens is 314 g/mol. The molecular formula is C18H20ClNO3. The van der Waals surface area contributed by atoms with Crippen molar-refractivity contribution in [2.45, 2.75) is 19.4 Å². The molecule has 0 unspecified atom stereocenters. The van der Waals surface area contributed by atoms with Gasteiger partial charge in [0.15, 0.2) is 0 Å². The third-order valence-corrected chi connectivity index (χ3v) is 3.80. The van der Waals surface area contributed by atoms with Crippen LogP contribution in [0.5, 0.6) is 5.75 Å². The van der Waals surface area contributed by atoms with E-state index in [0.717, 1.165) is 16.9 Å². The molecule has 0 saturated carbocycles. The van der Waals surface area contributed by atoms with Crippen molar-refractivity contribution >= 4 is 17.5 Å². The van der Waals surface area contributed by atoms with Crippen LogP contribution in [0.3, 0.4) is 0 Å². The van der Waals surface area contributed by atoms with Crippen molar-refractivity contribution in [2.24, 2.45) is 0 Å². The van der Waals surface area contributed by atoms with Gasteiger partial charge in [-0.15, -0.1) is 0 Å². The molecule has 2 N–H and O–H groups in total. The summed E-state index contributed by atoms with van der Waals surface area (Å²) in [6, 6.07) is 12.6. The van der Waals surface area contributed by atoms with Crippen LogP contribution in [0.1, 0.15) is 22.8 Å². The van der Waals surface area contributed by atoms with E-state index in [0.29, 0.717) is 10.6 Å². The van der Waals surface area contributed by atoms with Gasteiger partial charge < -0.3 is 15.2 Å². The molecule has 1 amide bonds. The fourth-order valence-electron chi connectivity index (χ4n) is 2.26. The molecule has 122 valence electrons. The first-order valence-corrected chi connectivity index (χ1v) is 7.71. The van der Waals surface area contributed by atoms with Crippen molar-refractivity contribution in [3.63, 3.8) is 0 Å². The van der Waals surface area contributed by atoms with E-state index in [1.807, 2.05) is 25.1 Å². The van der Waals surface area contributed by atoms with Crippen LogP contribution >= 0.6 is 11.6 Å². The highest BCUT2D eigenvalue weighted by Gasteiger charge is 2.11. The number of amides is 1. The van der Waals surface area contributed by atoms with Gasteiger partial charge in [-0.2, -0.15) is 0 Å². The topological polar surface area (TPSA) is 58.6 Å². The van der Waals surface area contributed by atoms with Crippen LogP contribution in [0.25, 0.3) is 0 Å². The van der Waals surface area contributed by atoms with Gasteiger partial charge in [0.1, 0.15) is 5.75 Å². The second kappa shape index (κ2) is 7.99. The minimum atomic E-state index is -0.787. The summed E-state index contributed by atoms with van der Waals surface area (Å²) in [5.41, 5.74) is 2.56. The molecule has 23 heavy (non-hydrogen) atoms. The molecule has 0 saturated heterocycles. The number of benzene rings is 2. The number of methoxy groups -OCH3 is 1. The van der Waals surface area contributed by atoms with Gasteiger partial charge in [0.05, 0.1) is 19.6 Å². The van der Waals surface area contributed by atoms with Crippen LogP contribution in [0.15, 0.2) is 42.5 Å². The molecule has 0 fully saturated rings. The fraction of sp³-hybridized carbons (Fsp3) is 0.278. The van der Waals surface area contributed by atoms with E-state index in [2.05, 4.69) is 5.32 Å². The van der Waals surface area contributed by atoms with E-state index >= 15 is 0 Å². The predicted molar refractivity (Wildman–Crippen MR) is 90.9 cm³/mol. The number of hydrogen-bond acceptors (Lipinski definition) is 3. The lowest BCUT2D eigenvalue weighted by Gasteiger charge is -2.13. The lowest BCUT2D eigenvalue weighted by Crippen LogP contribution is -2.29. The Bertz CT molecular complexity index is 688. The number of carbonyl (C=O) groups is 1. The Balaban J connectivity index is 1.90. The number of rotatable bonds is 6. The Morgan fingerprint density at radius 2 is 2.09 bits per heavy atom. The zero-order valence-corrected chi connectivity index (χ0v) is 13.9. The summed E-state index contributed by atoms with van der Waals surface area (Å²) in [7, 11) is 1.60. The Labute approximate surface area is 141 Å². The number of aliphatic hydroxyl groups is 1. The molecule has 0 radical (unpaired) electrons. The van der Waals surface area contributed by atoms with Crippen molar-refractivity contribution in [1.29, 1.82) is 0 Å². The number of halogens is 1. The summed E-state index contributed by atoms with van der Waals surface area (Å²) >= 11 is 5.89. The van der Waals surface area contributed by atoms with E-state index in [4.69, 9.17) is 16.3 Å². The van der Waals surface area contributed by atoms with Gasteiger partial charge in [-0.25, -0.2) is 0 Å². The zero-order valence-electron chi connectivity index (χ0n) is 13.2. The van der Waals surface area contributed by atoms with Crippen LogP contribution < -0.4 is 10.1 Å². The average Bonchev–Trinajstić information content (AvgIpc) is 2.54. The number of hydrogen-bond donors (Lipinski definition) is 2. The zero-order chi connectivity index (χ0) is 16.8. The van der Waals surface area contributed by atoms with E-state index in [-0.39, 0.29) is 18.9 Å². The molecule has 0 bridgehead atoms. The number of aliphatic hydroxyl groups excluding tert-OH is 1. The molecule has 4 nitrogen and oxygen atoms in total. The summed E-state index contributed by atoms with van der Waals surface area (Å²) in [6.45, 7) is 2.09. The highest BCUT2D eigenvalue weighted by atomic mass is 35.5. The summed E-state index contributed by atoms with van der Waals surface area (Å²) < 4.78 is 5.25. The van der Waals surface area contributed by atoms with Gasteiger partial charge in [-0.3, -0.25) is 4.79 Å². The Kier molecular flexibility index (Phi) is 6.02. The van der Waals surface area contributed by atoms with Gasteiger partial charge in [-0.1, -0.05) is 35.9 Å². The number of ether oxygens (including phenoxy) is 1. The van der Waals surface area contributed by atoms with Gasteiger partial charge in [0.25, 0.3) is 0 Å². The van der Waals surface area contributed by atoms with Crippen LogP contribution in [0.4, 0.5) is 0 Å². The van der Waals surface area contributed by atoms with Crippen molar-refractivity contribution in [2.75, 3.05) is 13.7 Å². The quantitative estimate of drug-likeness (QED) is 0.854. The van der Waals surface area contributed by atoms with E-state index in [1.165, 1.54) is 0 Å². The first-order valence-electron chi connectivity index (χ1n) is 7.33. The van der Waals surface area contributed by atoms with Crippen molar-refractivity contribution in [1.82, 2.24) is 5.32 Å². The number of aryl methyl sites for hydroxylation is 1. The minimum Gasteiger partial charge on any atom is -0.496 e. The summed E-state index contributed by atoms with van der Waals surface area (Å²) in [4.78, 5) is 12.0. The maximum Gasteiger partial charge on any atom is 0.224 e. The summed E-state index contributed by atoms with van der Waals surface area (Å²) in [5, 5.41) is 13.4. The second-order valence-electron chi connectivity index (χ2n) is 5.36. The summed E-state index contributed by atoms with van der Waals surface area (Å²) in [5.74, 6) is 0.603. The second-order valence-corrected chi connectivity index (χ2v) is 5.79. The molecule has 2 aromatic rings. The summed E-state index contributed by atoms with van der Waals surface area (Å²) in [6.07, 6.45) is -0.552. The molecule has 0 heterocycles. The van der Waals surface area contributed by atoms with Gasteiger partial charge >= 0.3 is 0 Å². The molecule has 1 atom stereocenters. The van der Waals surface area contributed by atoms with E-state index < -0.39 is 6.10 Å². The third kappa shape index (κ3) is 4.98. The first kappa shape index (κ1) is 17.3. The lowest BCUT2D eigenvalue weighted by atomic mass is 10.1. The predicted octanol–water partition coefficient (Wildman–Crippen LogP) is 3.05. The Hall–Kier alpha value is -2.04. The third-order valence-electron chi connectivity index (χ3n) is 3.56. The van der Waals surface area contributed by atoms with E-state index in [9.17, 15) is 9.90 Å². The smallest absolute Gasteiger partial charge is 0.224 e. The average molecular weight is 334 g/mol. The van der Waals surface area contributed by atoms with Crippen molar-refractivity contribution < 1.29 is 14.6 Å². The molecule has 0 aliphatic carbocycles. The first-order chi connectivity index (χ1) is 11.0. The molecule has 5 heteroatoms. The van der Waals surface area contributed by atoms with E-state index in [1.54, 1.807) is 31.4 Å². The molecule has 0 aliphatic heterocycles. The maximum atomic E-state index is 12.0. The van der Waals surface area contributed by atoms with Crippen LogP contribution in [-0.2, 0) is 11.2 Å². The highest BCUT2D eigenvalue weighted by molar-refractivity contribution is 6.30. The van der Waals surface area contributed by atoms with Gasteiger partial charge in [-0.05, 0) is 41.8 Å². The molecule has 0 aliphatic rings. The Morgan fingerprint density at radius 3 is 2.78 bits per heavy atom. The maximum absolute atomic E-state index is 12.0. The number of nitrogens with one attached hydrogen (secondary N) is 1.